The molecule has 0 saturated carbocycles. The Labute approximate surface area is 220 Å². The van der Waals surface area contributed by atoms with Crippen LogP contribution in [0.3, 0.4) is 0 Å². The average Bonchev–Trinajstić information content (AvgIpc) is 3.36. The molecule has 0 spiro atoms. The molecule has 2 aromatic carbocycles. The SMILES string of the molecule is O=C(Cn1cc(/C=C2\SC(=O)N(CCOc3ccccc3)C2=O)c2cc(Br)ccc21)N1CCOCC1. The molecule has 10 heteroatoms. The van der Waals surface area contributed by atoms with Crippen molar-refractivity contribution in [3.05, 3.63) is 69.7 Å². The molecule has 2 saturated heterocycles. The highest BCUT2D eigenvalue weighted by atomic mass is 79.9. The first kappa shape index (κ1) is 24.6. The number of aromatic nitrogens is 1. The Kier molecular flexibility index (Phi) is 7.45. The van der Waals surface area contributed by atoms with Gasteiger partial charge in [0.25, 0.3) is 11.1 Å². The van der Waals surface area contributed by atoms with Gasteiger partial charge in [0.2, 0.25) is 5.91 Å². The maximum atomic E-state index is 13.0. The fourth-order valence-corrected chi connectivity index (χ4v) is 5.42. The van der Waals surface area contributed by atoms with E-state index in [0.717, 1.165) is 32.7 Å². The number of fused-ring (bicyclic) bond motifs is 1. The summed E-state index contributed by atoms with van der Waals surface area (Å²) in [6, 6.07) is 15.1. The van der Waals surface area contributed by atoms with E-state index in [0.29, 0.717) is 37.0 Å². The molecule has 1 aromatic heterocycles. The van der Waals surface area contributed by atoms with Crippen LogP contribution in [0.2, 0.25) is 0 Å². The Bertz CT molecular complexity index is 1330. The van der Waals surface area contributed by atoms with Crippen molar-refractivity contribution in [2.45, 2.75) is 6.54 Å². The Morgan fingerprint density at radius 2 is 1.89 bits per heavy atom. The number of rotatable bonds is 7. The Hall–Kier alpha value is -3.08. The molecule has 3 aromatic rings. The number of nitrogens with zero attached hydrogens (tertiary/aromatic N) is 3. The molecular weight excluding hydrogens is 546 g/mol. The third-order valence-corrected chi connectivity index (χ3v) is 7.43. The zero-order valence-corrected chi connectivity index (χ0v) is 21.8. The quantitative estimate of drug-likeness (QED) is 0.393. The van der Waals surface area contributed by atoms with Crippen LogP contribution in [0.4, 0.5) is 4.79 Å². The van der Waals surface area contributed by atoms with Gasteiger partial charge < -0.3 is 18.9 Å². The molecule has 5 rings (SSSR count). The predicted molar refractivity (Wildman–Crippen MR) is 142 cm³/mol. The second-order valence-electron chi connectivity index (χ2n) is 8.36. The van der Waals surface area contributed by atoms with Gasteiger partial charge in [-0.15, -0.1) is 0 Å². The molecule has 2 aliphatic rings. The molecule has 2 aliphatic heterocycles. The molecule has 0 unspecified atom stereocenters. The molecule has 3 amide bonds. The van der Waals surface area contributed by atoms with E-state index < -0.39 is 0 Å². The maximum Gasteiger partial charge on any atom is 0.293 e. The number of carbonyl (C=O) groups is 3. The molecule has 0 radical (unpaired) electrons. The molecule has 0 aliphatic carbocycles. The van der Waals surface area contributed by atoms with Crippen molar-refractivity contribution in [3.8, 4) is 5.75 Å². The van der Waals surface area contributed by atoms with Gasteiger partial charge >= 0.3 is 0 Å². The van der Waals surface area contributed by atoms with Crippen LogP contribution in [0.5, 0.6) is 5.75 Å². The molecule has 36 heavy (non-hydrogen) atoms. The lowest BCUT2D eigenvalue weighted by Crippen LogP contribution is -2.42. The van der Waals surface area contributed by atoms with Crippen LogP contribution in [0.1, 0.15) is 5.56 Å². The Balaban J connectivity index is 1.35. The number of amides is 3. The van der Waals surface area contributed by atoms with Gasteiger partial charge in [-0.3, -0.25) is 19.3 Å². The third kappa shape index (κ3) is 5.35. The summed E-state index contributed by atoms with van der Waals surface area (Å²) in [6.07, 6.45) is 3.59. The number of thioether (sulfide) groups is 1. The second-order valence-corrected chi connectivity index (χ2v) is 10.3. The van der Waals surface area contributed by atoms with E-state index >= 15 is 0 Å². The number of imide groups is 1. The number of para-hydroxylation sites is 1. The highest BCUT2D eigenvalue weighted by Crippen LogP contribution is 2.34. The lowest BCUT2D eigenvalue weighted by molar-refractivity contribution is -0.135. The van der Waals surface area contributed by atoms with Crippen molar-refractivity contribution < 1.29 is 23.9 Å². The number of benzene rings is 2. The predicted octanol–water partition coefficient (Wildman–Crippen LogP) is 4.38. The monoisotopic (exact) mass is 569 g/mol. The molecule has 0 atom stereocenters. The summed E-state index contributed by atoms with van der Waals surface area (Å²) in [6.45, 7) is 2.81. The number of hydrogen-bond acceptors (Lipinski definition) is 6. The van der Waals surface area contributed by atoms with E-state index in [1.54, 1.807) is 11.0 Å². The van der Waals surface area contributed by atoms with Crippen molar-refractivity contribution in [1.29, 1.82) is 0 Å². The number of halogens is 1. The molecular formula is C26H24BrN3O5S. The summed E-state index contributed by atoms with van der Waals surface area (Å²) in [4.78, 5) is 41.8. The van der Waals surface area contributed by atoms with Gasteiger partial charge in [0.15, 0.2) is 0 Å². The van der Waals surface area contributed by atoms with Crippen LogP contribution >= 0.6 is 27.7 Å². The zero-order chi connectivity index (χ0) is 25.1. The van der Waals surface area contributed by atoms with E-state index in [-0.39, 0.29) is 36.7 Å². The van der Waals surface area contributed by atoms with Crippen LogP contribution in [0.15, 0.2) is 64.1 Å². The maximum absolute atomic E-state index is 13.0. The first-order valence-electron chi connectivity index (χ1n) is 11.6. The fraction of sp³-hybridized carbons (Fsp3) is 0.269. The van der Waals surface area contributed by atoms with Crippen LogP contribution in [0.25, 0.3) is 17.0 Å². The number of carbonyl (C=O) groups excluding carboxylic acids is 3. The first-order valence-corrected chi connectivity index (χ1v) is 13.2. The van der Waals surface area contributed by atoms with Gasteiger partial charge in [0.05, 0.1) is 24.7 Å². The van der Waals surface area contributed by atoms with Crippen LogP contribution in [0, 0.1) is 0 Å². The molecule has 0 bridgehead atoms. The molecule has 186 valence electrons. The summed E-state index contributed by atoms with van der Waals surface area (Å²) in [5.41, 5.74) is 1.65. The van der Waals surface area contributed by atoms with E-state index in [1.165, 1.54) is 4.90 Å². The summed E-state index contributed by atoms with van der Waals surface area (Å²) < 4.78 is 13.8. The molecule has 2 fully saturated rings. The minimum Gasteiger partial charge on any atom is -0.492 e. The number of morpholine rings is 1. The van der Waals surface area contributed by atoms with Crippen LogP contribution in [-0.4, -0.2) is 70.9 Å². The first-order chi connectivity index (χ1) is 17.5. The van der Waals surface area contributed by atoms with Gasteiger partial charge in [-0.2, -0.15) is 0 Å². The summed E-state index contributed by atoms with van der Waals surface area (Å²) >= 11 is 4.43. The van der Waals surface area contributed by atoms with Gasteiger partial charge in [-0.25, -0.2) is 0 Å². The lowest BCUT2D eigenvalue weighted by Gasteiger charge is -2.27. The Morgan fingerprint density at radius 3 is 2.67 bits per heavy atom. The highest BCUT2D eigenvalue weighted by molar-refractivity contribution is 9.10. The van der Waals surface area contributed by atoms with Crippen LogP contribution < -0.4 is 4.74 Å². The standard InChI is InChI=1S/C26H24BrN3O5S/c27-19-6-7-22-21(15-19)18(16-29(22)17-24(31)28-8-11-34-12-9-28)14-23-25(32)30(26(33)36-23)10-13-35-20-4-2-1-3-5-20/h1-7,14-16H,8-13,17H2/b23-14-. The van der Waals surface area contributed by atoms with Crippen molar-refractivity contribution in [2.24, 2.45) is 0 Å². The minimum atomic E-state index is -0.345. The third-order valence-electron chi connectivity index (χ3n) is 6.03. The normalized spacial score (nSPS) is 17.4. The summed E-state index contributed by atoms with van der Waals surface area (Å²) in [7, 11) is 0. The Morgan fingerprint density at radius 1 is 1.11 bits per heavy atom. The van der Waals surface area contributed by atoms with Gasteiger partial charge in [-0.05, 0) is 48.2 Å². The smallest absolute Gasteiger partial charge is 0.293 e. The van der Waals surface area contributed by atoms with Crippen molar-refractivity contribution >= 4 is 61.7 Å². The van der Waals surface area contributed by atoms with E-state index in [1.807, 2.05) is 59.3 Å². The zero-order valence-electron chi connectivity index (χ0n) is 19.4. The topological polar surface area (TPSA) is 81.1 Å². The lowest BCUT2D eigenvalue weighted by atomic mass is 10.1. The van der Waals surface area contributed by atoms with Crippen LogP contribution in [-0.2, 0) is 20.9 Å². The summed E-state index contributed by atoms with van der Waals surface area (Å²) in [5, 5.41) is 0.564. The van der Waals surface area contributed by atoms with Gasteiger partial charge in [0.1, 0.15) is 18.9 Å². The minimum absolute atomic E-state index is 0.0170. The molecule has 3 heterocycles. The van der Waals surface area contributed by atoms with Gasteiger partial charge in [-0.1, -0.05) is 34.1 Å². The van der Waals surface area contributed by atoms with E-state index in [2.05, 4.69) is 15.9 Å². The number of hydrogen-bond donors (Lipinski definition) is 0. The average molecular weight is 570 g/mol. The van der Waals surface area contributed by atoms with E-state index in [9.17, 15) is 14.4 Å². The van der Waals surface area contributed by atoms with Crippen molar-refractivity contribution in [2.75, 3.05) is 39.5 Å². The highest BCUT2D eigenvalue weighted by Gasteiger charge is 2.35. The number of ether oxygens (including phenoxy) is 2. The fourth-order valence-electron chi connectivity index (χ4n) is 4.21. The second kappa shape index (κ2) is 10.9. The molecule has 0 N–H and O–H groups in total. The van der Waals surface area contributed by atoms with Crippen molar-refractivity contribution in [1.82, 2.24) is 14.4 Å². The van der Waals surface area contributed by atoms with E-state index in [4.69, 9.17) is 9.47 Å². The molecule has 8 nitrogen and oxygen atoms in total. The van der Waals surface area contributed by atoms with Gasteiger partial charge in [0, 0.05) is 40.2 Å². The largest absolute Gasteiger partial charge is 0.492 e. The summed E-state index contributed by atoms with van der Waals surface area (Å²) in [5.74, 6) is 0.357. The van der Waals surface area contributed by atoms with Crippen molar-refractivity contribution in [3.63, 3.8) is 0 Å².